The Labute approximate surface area is 105 Å². The smallest absolute Gasteiger partial charge is 0.179 e. The minimum atomic E-state index is -0.700. The Bertz CT molecular complexity index is 423. The van der Waals surface area contributed by atoms with Gasteiger partial charge in [-0.25, -0.2) is 8.78 Å². The lowest BCUT2D eigenvalue weighted by atomic mass is 10.1. The third-order valence-corrected chi connectivity index (χ3v) is 2.78. The highest BCUT2D eigenvalue weighted by Gasteiger charge is 2.17. The number of rotatable bonds is 6. The molecule has 0 aliphatic carbocycles. The first-order valence-electron chi connectivity index (χ1n) is 5.63. The minimum Gasteiger partial charge on any atom is -0.383 e. The Kier molecular flexibility index (Phi) is 5.37. The van der Waals surface area contributed by atoms with Crippen LogP contribution in [0.25, 0.3) is 0 Å². The number of carbonyl (C=O) groups excluding carboxylic acids is 1. The molecule has 0 aromatic heterocycles. The number of likely N-dealkylation sites (N-methyl/N-ethyl adjacent to an activating group) is 1. The Hall–Kier alpha value is -1.33. The number of ketones is 1. The van der Waals surface area contributed by atoms with Gasteiger partial charge in [-0.2, -0.15) is 0 Å². The normalized spacial score (nSPS) is 12.8. The summed E-state index contributed by atoms with van der Waals surface area (Å²) in [6.07, 6.45) is 0. The van der Waals surface area contributed by atoms with Crippen molar-refractivity contribution in [3.05, 3.63) is 35.4 Å². The van der Waals surface area contributed by atoms with Crippen molar-refractivity contribution < 1.29 is 18.3 Å². The molecule has 0 fully saturated rings. The summed E-state index contributed by atoms with van der Waals surface area (Å²) in [5.41, 5.74) is -0.216. The molecule has 0 amide bonds. The number of benzene rings is 1. The Morgan fingerprint density at radius 1 is 1.44 bits per heavy atom. The van der Waals surface area contributed by atoms with Crippen LogP contribution in [0.4, 0.5) is 8.78 Å². The summed E-state index contributed by atoms with van der Waals surface area (Å²) in [5, 5.41) is 0. The summed E-state index contributed by atoms with van der Waals surface area (Å²) >= 11 is 0. The number of hydrogen-bond acceptors (Lipinski definition) is 3. The van der Waals surface area contributed by atoms with Crippen LogP contribution in [-0.2, 0) is 4.74 Å². The molecule has 100 valence electrons. The highest BCUT2D eigenvalue weighted by Crippen LogP contribution is 2.11. The first-order valence-corrected chi connectivity index (χ1v) is 5.63. The van der Waals surface area contributed by atoms with E-state index in [9.17, 15) is 13.6 Å². The topological polar surface area (TPSA) is 29.5 Å². The second-order valence-corrected chi connectivity index (χ2v) is 4.27. The average molecular weight is 257 g/mol. The van der Waals surface area contributed by atoms with E-state index in [0.717, 1.165) is 18.2 Å². The van der Waals surface area contributed by atoms with Crippen molar-refractivity contribution in [2.45, 2.75) is 13.0 Å². The van der Waals surface area contributed by atoms with Crippen LogP contribution in [-0.4, -0.2) is 44.0 Å². The van der Waals surface area contributed by atoms with Gasteiger partial charge in [-0.05, 0) is 32.2 Å². The molecule has 0 N–H and O–H groups in total. The number of methoxy groups -OCH3 is 1. The van der Waals surface area contributed by atoms with E-state index in [1.807, 2.05) is 6.92 Å². The molecular weight excluding hydrogens is 240 g/mol. The molecule has 0 aliphatic heterocycles. The third kappa shape index (κ3) is 3.85. The summed E-state index contributed by atoms with van der Waals surface area (Å²) in [5.74, 6) is -1.76. The van der Waals surface area contributed by atoms with Gasteiger partial charge in [-0.15, -0.1) is 0 Å². The van der Waals surface area contributed by atoms with E-state index in [0.29, 0.717) is 6.61 Å². The highest BCUT2D eigenvalue weighted by atomic mass is 19.1. The quantitative estimate of drug-likeness (QED) is 0.731. The molecule has 3 nitrogen and oxygen atoms in total. The zero-order valence-electron chi connectivity index (χ0n) is 10.7. The number of halogens is 2. The first-order chi connectivity index (χ1) is 8.45. The molecule has 0 aliphatic rings. The molecule has 1 rings (SSSR count). The maximum absolute atomic E-state index is 13.4. The molecule has 1 unspecified atom stereocenters. The van der Waals surface area contributed by atoms with Crippen molar-refractivity contribution in [3.63, 3.8) is 0 Å². The van der Waals surface area contributed by atoms with Crippen LogP contribution >= 0.6 is 0 Å². The van der Waals surface area contributed by atoms with Gasteiger partial charge in [-0.1, -0.05) is 0 Å². The van der Waals surface area contributed by atoms with E-state index in [4.69, 9.17) is 4.74 Å². The second-order valence-electron chi connectivity index (χ2n) is 4.27. The molecule has 0 saturated carbocycles. The van der Waals surface area contributed by atoms with Gasteiger partial charge in [0.25, 0.3) is 0 Å². The molecule has 0 bridgehead atoms. The lowest BCUT2D eigenvalue weighted by Crippen LogP contribution is -2.36. The maximum Gasteiger partial charge on any atom is 0.179 e. The van der Waals surface area contributed by atoms with Gasteiger partial charge in [-0.3, -0.25) is 9.69 Å². The van der Waals surface area contributed by atoms with Crippen molar-refractivity contribution in [1.82, 2.24) is 4.90 Å². The molecule has 5 heteroatoms. The lowest BCUT2D eigenvalue weighted by molar-refractivity contribution is 0.0837. The van der Waals surface area contributed by atoms with Gasteiger partial charge >= 0.3 is 0 Å². The van der Waals surface area contributed by atoms with Crippen LogP contribution in [0.5, 0.6) is 0 Å². The molecule has 0 saturated heterocycles. The molecule has 18 heavy (non-hydrogen) atoms. The van der Waals surface area contributed by atoms with Crippen molar-refractivity contribution in [2.75, 3.05) is 27.3 Å². The van der Waals surface area contributed by atoms with Crippen molar-refractivity contribution in [2.24, 2.45) is 0 Å². The van der Waals surface area contributed by atoms with Crippen LogP contribution < -0.4 is 0 Å². The van der Waals surface area contributed by atoms with Gasteiger partial charge in [0.05, 0.1) is 18.7 Å². The molecule has 0 spiro atoms. The van der Waals surface area contributed by atoms with Crippen molar-refractivity contribution in [3.8, 4) is 0 Å². The average Bonchev–Trinajstić information content (AvgIpc) is 2.32. The summed E-state index contributed by atoms with van der Waals surface area (Å²) < 4.78 is 31.3. The standard InChI is InChI=1S/C13H17F2NO2/c1-9(8-18-3)16(2)7-13(17)11-6-10(14)4-5-12(11)15/h4-6,9H,7-8H2,1-3H3. The number of carbonyl (C=O) groups is 1. The summed E-state index contributed by atoms with van der Waals surface area (Å²) in [6, 6.07) is 2.90. The van der Waals surface area contributed by atoms with Crippen LogP contribution in [0.2, 0.25) is 0 Å². The van der Waals surface area contributed by atoms with E-state index in [-0.39, 0.29) is 18.2 Å². The maximum atomic E-state index is 13.4. The number of ether oxygens (including phenoxy) is 1. The summed E-state index contributed by atoms with van der Waals surface area (Å²) in [6.45, 7) is 2.37. The predicted molar refractivity (Wildman–Crippen MR) is 64.7 cm³/mol. The molecule has 1 aromatic rings. The van der Waals surface area contributed by atoms with E-state index >= 15 is 0 Å². The molecule has 0 radical (unpaired) electrons. The van der Waals surface area contributed by atoms with E-state index in [1.165, 1.54) is 0 Å². The fraction of sp³-hybridized carbons (Fsp3) is 0.462. The number of nitrogens with zero attached hydrogens (tertiary/aromatic N) is 1. The molecular formula is C13H17F2NO2. The number of hydrogen-bond donors (Lipinski definition) is 0. The second kappa shape index (κ2) is 6.56. The van der Waals surface area contributed by atoms with Crippen LogP contribution in [0.1, 0.15) is 17.3 Å². The predicted octanol–water partition coefficient (Wildman–Crippen LogP) is 2.11. The molecule has 1 aromatic carbocycles. The van der Waals surface area contributed by atoms with Gasteiger partial charge < -0.3 is 4.74 Å². The first kappa shape index (κ1) is 14.7. The van der Waals surface area contributed by atoms with E-state index in [2.05, 4.69) is 0 Å². The zero-order valence-corrected chi connectivity index (χ0v) is 10.7. The fourth-order valence-corrected chi connectivity index (χ4v) is 1.55. The monoisotopic (exact) mass is 257 g/mol. The van der Waals surface area contributed by atoms with Crippen molar-refractivity contribution >= 4 is 5.78 Å². The zero-order chi connectivity index (χ0) is 13.7. The summed E-state index contributed by atoms with van der Waals surface area (Å²) in [4.78, 5) is 13.6. The lowest BCUT2D eigenvalue weighted by Gasteiger charge is -2.23. The molecule has 1 atom stereocenters. The van der Waals surface area contributed by atoms with Gasteiger partial charge in [0.1, 0.15) is 11.6 Å². The van der Waals surface area contributed by atoms with Crippen molar-refractivity contribution in [1.29, 1.82) is 0 Å². The third-order valence-electron chi connectivity index (χ3n) is 2.78. The van der Waals surface area contributed by atoms with Gasteiger partial charge in [0.2, 0.25) is 0 Å². The van der Waals surface area contributed by atoms with Crippen LogP contribution in [0.3, 0.4) is 0 Å². The summed E-state index contributed by atoms with van der Waals surface area (Å²) in [7, 11) is 3.30. The Morgan fingerprint density at radius 2 is 2.11 bits per heavy atom. The Morgan fingerprint density at radius 3 is 2.72 bits per heavy atom. The molecule has 0 heterocycles. The van der Waals surface area contributed by atoms with Gasteiger partial charge in [0.15, 0.2) is 5.78 Å². The van der Waals surface area contributed by atoms with E-state index < -0.39 is 17.4 Å². The Balaban J connectivity index is 2.73. The van der Waals surface area contributed by atoms with Gasteiger partial charge in [0, 0.05) is 13.2 Å². The van der Waals surface area contributed by atoms with Crippen LogP contribution in [0.15, 0.2) is 18.2 Å². The number of Topliss-reactive ketones (excluding diaryl/α,β-unsaturated/α-hetero) is 1. The van der Waals surface area contributed by atoms with Crippen LogP contribution in [0, 0.1) is 11.6 Å². The SMILES string of the molecule is COCC(C)N(C)CC(=O)c1cc(F)ccc1F. The highest BCUT2D eigenvalue weighted by molar-refractivity contribution is 5.97. The fourth-order valence-electron chi connectivity index (χ4n) is 1.55. The largest absolute Gasteiger partial charge is 0.383 e. The minimum absolute atomic E-state index is 0.0187. The van der Waals surface area contributed by atoms with E-state index in [1.54, 1.807) is 19.1 Å².